The van der Waals surface area contributed by atoms with Crippen LogP contribution in [0.3, 0.4) is 0 Å². The number of aldehydes is 1. The third-order valence-electron chi connectivity index (χ3n) is 4.34. The first-order valence-electron chi connectivity index (χ1n) is 9.41. The predicted molar refractivity (Wildman–Crippen MR) is 115 cm³/mol. The van der Waals surface area contributed by atoms with Crippen molar-refractivity contribution in [1.29, 1.82) is 0 Å². The molecule has 0 aliphatic carbocycles. The number of rotatable bonds is 9. The molecule has 4 heteroatoms. The zero-order chi connectivity index (χ0) is 19.6. The van der Waals surface area contributed by atoms with E-state index in [9.17, 15) is 9.59 Å². The number of unbranched alkanes of at least 4 members (excludes halogenated alkanes) is 2. The Hall–Kier alpha value is -2.77. The fourth-order valence-electron chi connectivity index (χ4n) is 2.99. The average molecular weight is 390 g/mol. The molecule has 142 valence electrons. The molecule has 0 aliphatic heterocycles. The monoisotopic (exact) mass is 390 g/mol. The normalized spacial score (nSPS) is 10.6. The van der Waals surface area contributed by atoms with Gasteiger partial charge in [0, 0.05) is 6.42 Å². The minimum atomic E-state index is -0.871. The van der Waals surface area contributed by atoms with Crippen molar-refractivity contribution >= 4 is 36.1 Å². The Labute approximate surface area is 167 Å². The van der Waals surface area contributed by atoms with Gasteiger partial charge in [0.15, 0.2) is 0 Å². The molecule has 3 rings (SSSR count). The highest BCUT2D eigenvalue weighted by atomic mass is 31.1. The standard InChI is InChI=1S/C24H23O3P/c25-18-10-3-11-19-27-24(26)22-16-8-9-17-23(22)28(20-12-4-1-5-13-20)21-14-6-2-7-15-21/h1-2,4-9,12-18H,3,10-11,19H2. The Morgan fingerprint density at radius 3 is 1.96 bits per heavy atom. The number of ether oxygens (including phenoxy) is 1. The lowest BCUT2D eigenvalue weighted by molar-refractivity contribution is -0.107. The first-order chi connectivity index (χ1) is 13.8. The van der Waals surface area contributed by atoms with Gasteiger partial charge in [0.05, 0.1) is 12.2 Å². The summed E-state index contributed by atoms with van der Waals surface area (Å²) in [7, 11) is -0.871. The second kappa shape index (κ2) is 10.5. The van der Waals surface area contributed by atoms with E-state index in [1.165, 1.54) is 10.6 Å². The molecular formula is C24H23O3P. The Bertz CT molecular complexity index is 854. The summed E-state index contributed by atoms with van der Waals surface area (Å²) >= 11 is 0. The molecule has 0 aromatic heterocycles. The van der Waals surface area contributed by atoms with Crippen molar-refractivity contribution in [2.75, 3.05) is 6.61 Å². The van der Waals surface area contributed by atoms with Crippen molar-refractivity contribution < 1.29 is 14.3 Å². The number of hydrogen-bond donors (Lipinski definition) is 0. The molecule has 0 saturated heterocycles. The minimum absolute atomic E-state index is 0.305. The van der Waals surface area contributed by atoms with Crippen LogP contribution >= 0.6 is 7.92 Å². The fourth-order valence-corrected chi connectivity index (χ4v) is 5.43. The van der Waals surface area contributed by atoms with Gasteiger partial charge < -0.3 is 9.53 Å². The van der Waals surface area contributed by atoms with Crippen LogP contribution in [0, 0.1) is 0 Å². The number of benzene rings is 3. The first kappa shape index (κ1) is 20.0. The van der Waals surface area contributed by atoms with E-state index in [2.05, 4.69) is 24.3 Å². The molecule has 0 amide bonds. The zero-order valence-corrected chi connectivity index (χ0v) is 16.6. The minimum Gasteiger partial charge on any atom is -0.462 e. The van der Waals surface area contributed by atoms with Crippen molar-refractivity contribution in [2.24, 2.45) is 0 Å². The largest absolute Gasteiger partial charge is 0.462 e. The molecule has 0 bridgehead atoms. The Morgan fingerprint density at radius 1 is 0.786 bits per heavy atom. The van der Waals surface area contributed by atoms with Gasteiger partial charge in [-0.15, -0.1) is 0 Å². The van der Waals surface area contributed by atoms with E-state index in [1.54, 1.807) is 0 Å². The zero-order valence-electron chi connectivity index (χ0n) is 15.7. The number of carbonyl (C=O) groups excluding carboxylic acids is 2. The smallest absolute Gasteiger partial charge is 0.338 e. The van der Waals surface area contributed by atoms with Crippen molar-refractivity contribution in [2.45, 2.75) is 19.3 Å². The summed E-state index contributed by atoms with van der Waals surface area (Å²) in [5.74, 6) is -0.305. The average Bonchev–Trinajstić information content (AvgIpc) is 2.75. The highest BCUT2D eigenvalue weighted by Crippen LogP contribution is 2.34. The maximum Gasteiger partial charge on any atom is 0.338 e. The Kier molecular flexibility index (Phi) is 7.52. The molecule has 0 atom stereocenters. The van der Waals surface area contributed by atoms with Gasteiger partial charge in [-0.2, -0.15) is 0 Å². The summed E-state index contributed by atoms with van der Waals surface area (Å²) in [5.41, 5.74) is 0.608. The van der Waals surface area contributed by atoms with Crippen LogP contribution < -0.4 is 15.9 Å². The molecule has 0 aliphatic rings. The summed E-state index contributed by atoms with van der Waals surface area (Å²) in [5, 5.41) is 3.37. The van der Waals surface area contributed by atoms with E-state index in [4.69, 9.17) is 4.74 Å². The third kappa shape index (κ3) is 5.15. The number of esters is 1. The molecule has 28 heavy (non-hydrogen) atoms. The summed E-state index contributed by atoms with van der Waals surface area (Å²) in [6, 6.07) is 28.3. The van der Waals surface area contributed by atoms with Gasteiger partial charge >= 0.3 is 5.97 Å². The topological polar surface area (TPSA) is 43.4 Å². The molecule has 0 spiro atoms. The summed E-state index contributed by atoms with van der Waals surface area (Å²) in [6.07, 6.45) is 2.82. The summed E-state index contributed by atoms with van der Waals surface area (Å²) < 4.78 is 5.49. The third-order valence-corrected chi connectivity index (χ3v) is 6.84. The van der Waals surface area contributed by atoms with Crippen molar-refractivity contribution in [3.8, 4) is 0 Å². The van der Waals surface area contributed by atoms with E-state index >= 15 is 0 Å². The van der Waals surface area contributed by atoms with E-state index < -0.39 is 7.92 Å². The van der Waals surface area contributed by atoms with Gasteiger partial charge in [0.2, 0.25) is 0 Å². The lowest BCUT2D eigenvalue weighted by atomic mass is 10.2. The van der Waals surface area contributed by atoms with Crippen molar-refractivity contribution in [3.63, 3.8) is 0 Å². The van der Waals surface area contributed by atoms with Crippen LogP contribution in [0.5, 0.6) is 0 Å². The molecular weight excluding hydrogens is 367 g/mol. The molecule has 0 unspecified atom stereocenters. The second-order valence-electron chi connectivity index (χ2n) is 6.32. The highest BCUT2D eigenvalue weighted by Gasteiger charge is 2.22. The molecule has 0 radical (unpaired) electrons. The summed E-state index contributed by atoms with van der Waals surface area (Å²) in [4.78, 5) is 23.2. The van der Waals surface area contributed by atoms with Gasteiger partial charge in [-0.1, -0.05) is 78.9 Å². The second-order valence-corrected chi connectivity index (χ2v) is 8.51. The molecule has 0 N–H and O–H groups in total. The number of hydrogen-bond acceptors (Lipinski definition) is 3. The molecule has 3 nitrogen and oxygen atoms in total. The lowest BCUT2D eigenvalue weighted by Gasteiger charge is -2.21. The van der Waals surface area contributed by atoms with Crippen LogP contribution in [0.1, 0.15) is 29.6 Å². The molecule has 0 fully saturated rings. The maximum absolute atomic E-state index is 12.8. The Balaban J connectivity index is 1.91. The van der Waals surface area contributed by atoms with Crippen LogP contribution in [0.25, 0.3) is 0 Å². The molecule has 3 aromatic carbocycles. The van der Waals surface area contributed by atoms with E-state index in [1.807, 2.05) is 60.7 Å². The van der Waals surface area contributed by atoms with Crippen LogP contribution in [0.2, 0.25) is 0 Å². The van der Waals surface area contributed by atoms with Crippen LogP contribution in [-0.2, 0) is 9.53 Å². The first-order valence-corrected chi connectivity index (χ1v) is 10.8. The van der Waals surface area contributed by atoms with Crippen LogP contribution in [0.4, 0.5) is 0 Å². The van der Waals surface area contributed by atoms with Gasteiger partial charge in [-0.05, 0) is 42.7 Å². The van der Waals surface area contributed by atoms with Gasteiger partial charge in [-0.25, -0.2) is 4.79 Å². The predicted octanol–water partition coefficient (Wildman–Crippen LogP) is 3.97. The highest BCUT2D eigenvalue weighted by molar-refractivity contribution is 7.80. The van der Waals surface area contributed by atoms with Crippen molar-refractivity contribution in [1.82, 2.24) is 0 Å². The SMILES string of the molecule is O=CCCCCOC(=O)c1ccccc1P(c1ccccc1)c1ccccc1. The molecule has 3 aromatic rings. The molecule has 0 heterocycles. The number of carbonyl (C=O) groups is 2. The molecule has 0 saturated carbocycles. The lowest BCUT2D eigenvalue weighted by Crippen LogP contribution is -2.26. The van der Waals surface area contributed by atoms with E-state index in [0.29, 0.717) is 25.0 Å². The Morgan fingerprint density at radius 2 is 1.36 bits per heavy atom. The van der Waals surface area contributed by atoms with Crippen molar-refractivity contribution in [3.05, 3.63) is 90.5 Å². The van der Waals surface area contributed by atoms with E-state index in [0.717, 1.165) is 18.0 Å². The van der Waals surface area contributed by atoms with Gasteiger partial charge in [0.25, 0.3) is 0 Å². The fraction of sp³-hybridized carbons (Fsp3) is 0.167. The van der Waals surface area contributed by atoms with Gasteiger partial charge in [-0.3, -0.25) is 0 Å². The summed E-state index contributed by atoms with van der Waals surface area (Å²) in [6.45, 7) is 0.329. The quantitative estimate of drug-likeness (QED) is 0.240. The van der Waals surface area contributed by atoms with Gasteiger partial charge in [0.1, 0.15) is 6.29 Å². The van der Waals surface area contributed by atoms with Crippen LogP contribution in [-0.4, -0.2) is 18.9 Å². The maximum atomic E-state index is 12.8. The van der Waals surface area contributed by atoms with E-state index in [-0.39, 0.29) is 5.97 Å². The van der Waals surface area contributed by atoms with Crippen LogP contribution in [0.15, 0.2) is 84.9 Å².